The molecule has 1 fully saturated rings. The van der Waals surface area contributed by atoms with Gasteiger partial charge in [-0.25, -0.2) is 0 Å². The molecule has 5 nitrogen and oxygen atoms in total. The van der Waals surface area contributed by atoms with Crippen LogP contribution in [0.4, 0.5) is 0 Å². The molecular formula is C18H24BrN3O2. The van der Waals surface area contributed by atoms with E-state index in [1.165, 1.54) is 31.4 Å². The molecule has 0 aliphatic carbocycles. The van der Waals surface area contributed by atoms with E-state index < -0.39 is 0 Å². The maximum Gasteiger partial charge on any atom is 0.287 e. The van der Waals surface area contributed by atoms with Crippen LogP contribution in [0.25, 0.3) is 0 Å². The molecule has 130 valence electrons. The third-order valence-electron chi connectivity index (χ3n) is 4.66. The van der Waals surface area contributed by atoms with E-state index >= 15 is 0 Å². The Bertz CT molecular complexity index is 671. The van der Waals surface area contributed by atoms with Gasteiger partial charge in [0.05, 0.1) is 6.04 Å². The first kappa shape index (κ1) is 17.3. The van der Waals surface area contributed by atoms with Gasteiger partial charge >= 0.3 is 0 Å². The van der Waals surface area contributed by atoms with Gasteiger partial charge in [0.15, 0.2) is 10.4 Å². The highest BCUT2D eigenvalue weighted by molar-refractivity contribution is 9.10. The number of rotatable bonds is 5. The average molecular weight is 394 g/mol. The molecule has 6 heteroatoms. The second-order valence-electron chi connectivity index (χ2n) is 6.32. The molecule has 1 N–H and O–H groups in total. The summed E-state index contributed by atoms with van der Waals surface area (Å²) in [6, 6.07) is 7.81. The zero-order chi connectivity index (χ0) is 16.9. The molecule has 2 aromatic rings. The molecule has 0 bridgehead atoms. The Kier molecular flexibility index (Phi) is 5.79. The van der Waals surface area contributed by atoms with Gasteiger partial charge in [-0.15, -0.1) is 0 Å². The highest BCUT2D eigenvalue weighted by Gasteiger charge is 2.24. The number of carbonyl (C=O) groups excluding carboxylic acids is 1. The summed E-state index contributed by atoms with van der Waals surface area (Å²) in [7, 11) is 2.06. The molecule has 0 spiro atoms. The molecule has 1 aliphatic rings. The highest BCUT2D eigenvalue weighted by Crippen LogP contribution is 2.24. The predicted octanol–water partition coefficient (Wildman–Crippen LogP) is 3.73. The van der Waals surface area contributed by atoms with Gasteiger partial charge in [-0.3, -0.25) is 9.69 Å². The van der Waals surface area contributed by atoms with Crippen molar-refractivity contribution in [1.29, 1.82) is 0 Å². The molecule has 1 amide bonds. The second kappa shape index (κ2) is 8.03. The number of nitrogens with one attached hydrogen (secondary N) is 1. The number of halogens is 1. The number of nitrogens with zero attached hydrogens (tertiary/aromatic N) is 2. The fourth-order valence-corrected chi connectivity index (χ4v) is 3.67. The molecule has 0 saturated carbocycles. The Labute approximate surface area is 151 Å². The zero-order valence-electron chi connectivity index (χ0n) is 14.0. The van der Waals surface area contributed by atoms with Gasteiger partial charge in [0.2, 0.25) is 0 Å². The van der Waals surface area contributed by atoms with Gasteiger partial charge in [0.25, 0.3) is 5.91 Å². The smallest absolute Gasteiger partial charge is 0.287 e. The standard InChI is InChI=1S/C18H24BrN3O2/c1-21-10-6-7-14(21)15(22-11-4-2-3-5-12-22)13-20-18(23)16-8-9-17(19)24-16/h6-10,15H,2-5,11-13H2,1H3,(H,20,23)/t15-/m1/s1. The lowest BCUT2D eigenvalue weighted by molar-refractivity contribution is 0.0902. The van der Waals surface area contributed by atoms with Crippen molar-refractivity contribution in [1.82, 2.24) is 14.8 Å². The van der Waals surface area contributed by atoms with Crippen LogP contribution in [0.2, 0.25) is 0 Å². The van der Waals surface area contributed by atoms with Crippen molar-refractivity contribution in [2.24, 2.45) is 7.05 Å². The van der Waals surface area contributed by atoms with Crippen LogP contribution in [-0.2, 0) is 7.05 Å². The van der Waals surface area contributed by atoms with Crippen LogP contribution in [0.3, 0.4) is 0 Å². The minimum absolute atomic E-state index is 0.172. The van der Waals surface area contributed by atoms with Gasteiger partial charge in [0.1, 0.15) is 0 Å². The minimum atomic E-state index is -0.172. The number of aromatic nitrogens is 1. The first-order valence-corrected chi connectivity index (χ1v) is 9.33. The van der Waals surface area contributed by atoms with E-state index in [1.54, 1.807) is 12.1 Å². The third-order valence-corrected chi connectivity index (χ3v) is 5.09. The Balaban J connectivity index is 1.72. The first-order chi connectivity index (χ1) is 11.6. The summed E-state index contributed by atoms with van der Waals surface area (Å²) >= 11 is 3.23. The van der Waals surface area contributed by atoms with Crippen LogP contribution in [-0.4, -0.2) is 35.0 Å². The van der Waals surface area contributed by atoms with E-state index in [2.05, 4.69) is 56.1 Å². The molecule has 3 heterocycles. The maximum absolute atomic E-state index is 12.3. The molecule has 1 atom stereocenters. The number of likely N-dealkylation sites (tertiary alicyclic amines) is 1. The average Bonchev–Trinajstić information content (AvgIpc) is 3.09. The number of hydrogen-bond acceptors (Lipinski definition) is 3. The predicted molar refractivity (Wildman–Crippen MR) is 96.9 cm³/mol. The summed E-state index contributed by atoms with van der Waals surface area (Å²) in [4.78, 5) is 14.8. The Morgan fingerprint density at radius 3 is 2.58 bits per heavy atom. The number of furan rings is 1. The minimum Gasteiger partial charge on any atom is -0.444 e. The molecule has 0 radical (unpaired) electrons. The lowest BCUT2D eigenvalue weighted by Gasteiger charge is -2.31. The number of amides is 1. The van der Waals surface area contributed by atoms with Crippen molar-refractivity contribution >= 4 is 21.8 Å². The van der Waals surface area contributed by atoms with E-state index in [4.69, 9.17) is 4.42 Å². The summed E-state index contributed by atoms with van der Waals surface area (Å²) in [5.41, 5.74) is 1.23. The van der Waals surface area contributed by atoms with E-state index in [0.717, 1.165) is 13.1 Å². The number of hydrogen-bond donors (Lipinski definition) is 1. The van der Waals surface area contributed by atoms with Gasteiger partial charge in [-0.2, -0.15) is 0 Å². The maximum atomic E-state index is 12.3. The largest absolute Gasteiger partial charge is 0.444 e. The SMILES string of the molecule is Cn1cccc1[C@@H](CNC(=O)c1ccc(Br)o1)N1CCCCCC1. The molecule has 1 saturated heterocycles. The van der Waals surface area contributed by atoms with Crippen molar-refractivity contribution in [3.8, 4) is 0 Å². The van der Waals surface area contributed by atoms with Gasteiger partial charge < -0.3 is 14.3 Å². The van der Waals surface area contributed by atoms with Crippen molar-refractivity contribution in [3.63, 3.8) is 0 Å². The lowest BCUT2D eigenvalue weighted by atomic mass is 10.1. The molecule has 1 aliphatic heterocycles. The Hall–Kier alpha value is -1.53. The monoisotopic (exact) mass is 393 g/mol. The topological polar surface area (TPSA) is 50.4 Å². The zero-order valence-corrected chi connectivity index (χ0v) is 15.6. The van der Waals surface area contributed by atoms with E-state index in [0.29, 0.717) is 17.0 Å². The van der Waals surface area contributed by atoms with Crippen LogP contribution < -0.4 is 5.32 Å². The third kappa shape index (κ3) is 4.11. The van der Waals surface area contributed by atoms with Crippen molar-refractivity contribution in [2.75, 3.05) is 19.6 Å². The van der Waals surface area contributed by atoms with Gasteiger partial charge in [0, 0.05) is 25.5 Å². The first-order valence-electron chi connectivity index (χ1n) is 8.54. The molecule has 2 aromatic heterocycles. The second-order valence-corrected chi connectivity index (χ2v) is 7.11. The highest BCUT2D eigenvalue weighted by atomic mass is 79.9. The molecule has 0 unspecified atom stereocenters. The van der Waals surface area contributed by atoms with E-state index in [1.807, 2.05) is 0 Å². The Morgan fingerprint density at radius 2 is 2.00 bits per heavy atom. The van der Waals surface area contributed by atoms with Crippen LogP contribution in [0, 0.1) is 0 Å². The van der Waals surface area contributed by atoms with Crippen LogP contribution in [0.5, 0.6) is 0 Å². The summed E-state index contributed by atoms with van der Waals surface area (Å²) in [6.45, 7) is 2.74. The normalized spacial score (nSPS) is 17.4. The van der Waals surface area contributed by atoms with Crippen LogP contribution >= 0.6 is 15.9 Å². The summed E-state index contributed by atoms with van der Waals surface area (Å²) in [5, 5.41) is 3.04. The lowest BCUT2D eigenvalue weighted by Crippen LogP contribution is -2.39. The summed E-state index contributed by atoms with van der Waals surface area (Å²) < 4.78 is 8.06. The quantitative estimate of drug-likeness (QED) is 0.841. The van der Waals surface area contributed by atoms with Crippen LogP contribution in [0.1, 0.15) is 48.0 Å². The number of aryl methyl sites for hydroxylation is 1. The summed E-state index contributed by atoms with van der Waals surface area (Å²) in [5.74, 6) is 0.165. The Morgan fingerprint density at radius 1 is 1.25 bits per heavy atom. The van der Waals surface area contributed by atoms with Crippen molar-refractivity contribution in [2.45, 2.75) is 31.7 Å². The van der Waals surface area contributed by atoms with Crippen molar-refractivity contribution in [3.05, 3.63) is 46.6 Å². The number of carbonyl (C=O) groups is 1. The fraction of sp³-hybridized carbons (Fsp3) is 0.500. The van der Waals surface area contributed by atoms with Gasteiger partial charge in [-0.1, -0.05) is 12.8 Å². The van der Waals surface area contributed by atoms with Crippen molar-refractivity contribution < 1.29 is 9.21 Å². The van der Waals surface area contributed by atoms with Crippen LogP contribution in [0.15, 0.2) is 39.5 Å². The molecule has 3 rings (SSSR count). The molecule has 24 heavy (non-hydrogen) atoms. The summed E-state index contributed by atoms with van der Waals surface area (Å²) in [6.07, 6.45) is 7.10. The molecular weight excluding hydrogens is 370 g/mol. The fourth-order valence-electron chi connectivity index (χ4n) is 3.36. The van der Waals surface area contributed by atoms with E-state index in [-0.39, 0.29) is 11.9 Å². The van der Waals surface area contributed by atoms with E-state index in [9.17, 15) is 4.79 Å². The molecule has 0 aromatic carbocycles. The van der Waals surface area contributed by atoms with Gasteiger partial charge in [-0.05, 0) is 66.1 Å².